The minimum Gasteiger partial charge on any atom is -0.351 e. The Hall–Kier alpha value is -0.580. The maximum absolute atomic E-state index is 12.0. The molecule has 0 aromatic carbocycles. The summed E-state index contributed by atoms with van der Waals surface area (Å²) < 4.78 is 0. The second kappa shape index (κ2) is 6.55. The van der Waals surface area contributed by atoms with Gasteiger partial charge in [0.1, 0.15) is 0 Å². The monoisotopic (exact) mass is 288 g/mol. The van der Waals surface area contributed by atoms with Gasteiger partial charge in [-0.05, 0) is 55.3 Å². The molecule has 0 aliphatic carbocycles. The Kier molecular flexibility index (Phi) is 5.63. The highest BCUT2D eigenvalue weighted by Crippen LogP contribution is 2.27. The van der Waals surface area contributed by atoms with Crippen molar-refractivity contribution in [3.63, 3.8) is 0 Å². The van der Waals surface area contributed by atoms with Gasteiger partial charge in [-0.25, -0.2) is 0 Å². The van der Waals surface area contributed by atoms with Crippen LogP contribution in [0, 0.1) is 12.3 Å². The van der Waals surface area contributed by atoms with E-state index in [1.165, 1.54) is 11.3 Å². The molecular formula is C13H21ClN2OS. The quantitative estimate of drug-likeness (QED) is 0.898. The fourth-order valence-electron chi connectivity index (χ4n) is 2.19. The summed E-state index contributed by atoms with van der Waals surface area (Å²) in [4.78, 5) is 12.8. The van der Waals surface area contributed by atoms with Crippen molar-refractivity contribution < 1.29 is 4.79 Å². The van der Waals surface area contributed by atoms with Gasteiger partial charge in [0.15, 0.2) is 0 Å². The first-order valence-electron chi connectivity index (χ1n) is 6.14. The predicted octanol–water partition coefficient (Wildman–Crippen LogP) is 2.60. The van der Waals surface area contributed by atoms with Crippen LogP contribution in [0.5, 0.6) is 0 Å². The number of nitrogens with one attached hydrogen (secondary N) is 2. The summed E-state index contributed by atoms with van der Waals surface area (Å²) in [6.07, 6.45) is 2.27. The van der Waals surface area contributed by atoms with E-state index in [0.29, 0.717) is 0 Å². The van der Waals surface area contributed by atoms with Crippen LogP contribution in [0.15, 0.2) is 11.4 Å². The normalized spacial score (nSPS) is 17.9. The van der Waals surface area contributed by atoms with E-state index in [9.17, 15) is 4.79 Å². The van der Waals surface area contributed by atoms with Crippen LogP contribution in [-0.4, -0.2) is 25.5 Å². The Balaban J connectivity index is 0.00000162. The lowest BCUT2D eigenvalue weighted by molar-refractivity contribution is 0.0926. The van der Waals surface area contributed by atoms with E-state index in [0.717, 1.165) is 42.9 Å². The van der Waals surface area contributed by atoms with E-state index in [-0.39, 0.29) is 23.7 Å². The lowest BCUT2D eigenvalue weighted by atomic mass is 9.81. The molecule has 0 bridgehead atoms. The third kappa shape index (κ3) is 3.70. The first-order valence-corrected chi connectivity index (χ1v) is 7.02. The van der Waals surface area contributed by atoms with E-state index in [1.807, 2.05) is 18.4 Å². The topological polar surface area (TPSA) is 41.1 Å². The first kappa shape index (κ1) is 15.5. The molecule has 3 nitrogen and oxygen atoms in total. The zero-order chi connectivity index (χ0) is 12.3. The van der Waals surface area contributed by atoms with E-state index in [1.54, 1.807) is 0 Å². The number of piperidine rings is 1. The highest BCUT2D eigenvalue weighted by atomic mass is 35.5. The molecule has 1 aliphatic heterocycles. The van der Waals surface area contributed by atoms with Crippen molar-refractivity contribution in [3.05, 3.63) is 21.9 Å². The summed E-state index contributed by atoms with van der Waals surface area (Å²) >= 11 is 1.52. The number of thiophene rings is 1. The van der Waals surface area contributed by atoms with Crippen LogP contribution in [0.3, 0.4) is 0 Å². The summed E-state index contributed by atoms with van der Waals surface area (Å²) in [5.41, 5.74) is 1.33. The van der Waals surface area contributed by atoms with Crippen molar-refractivity contribution in [2.24, 2.45) is 5.41 Å². The minimum atomic E-state index is 0. The molecular weight excluding hydrogens is 268 g/mol. The molecule has 0 radical (unpaired) electrons. The Morgan fingerprint density at radius 2 is 2.17 bits per heavy atom. The van der Waals surface area contributed by atoms with Crippen LogP contribution in [0.4, 0.5) is 0 Å². The van der Waals surface area contributed by atoms with Gasteiger partial charge in [-0.15, -0.1) is 23.7 Å². The van der Waals surface area contributed by atoms with Gasteiger partial charge in [0.2, 0.25) is 0 Å². The van der Waals surface area contributed by atoms with Crippen molar-refractivity contribution in [2.45, 2.75) is 26.7 Å². The standard InChI is InChI=1S/C13H20N2OS.ClH/c1-10-3-8-17-11(10)12(16)15-9-13(2)4-6-14-7-5-13;/h3,8,14H,4-7,9H2,1-2H3,(H,15,16);1H. The molecule has 0 saturated carbocycles. The van der Waals surface area contributed by atoms with Gasteiger partial charge in [-0.3, -0.25) is 4.79 Å². The van der Waals surface area contributed by atoms with Gasteiger partial charge in [0.05, 0.1) is 4.88 Å². The maximum Gasteiger partial charge on any atom is 0.261 e. The molecule has 2 rings (SSSR count). The van der Waals surface area contributed by atoms with E-state index >= 15 is 0 Å². The Morgan fingerprint density at radius 3 is 2.72 bits per heavy atom. The molecule has 1 fully saturated rings. The fraction of sp³-hybridized carbons (Fsp3) is 0.615. The maximum atomic E-state index is 12.0. The van der Waals surface area contributed by atoms with Crippen LogP contribution >= 0.6 is 23.7 Å². The molecule has 1 aromatic rings. The predicted molar refractivity (Wildman–Crippen MR) is 78.8 cm³/mol. The highest BCUT2D eigenvalue weighted by Gasteiger charge is 2.27. The van der Waals surface area contributed by atoms with Gasteiger partial charge < -0.3 is 10.6 Å². The molecule has 1 saturated heterocycles. The van der Waals surface area contributed by atoms with Gasteiger partial charge >= 0.3 is 0 Å². The summed E-state index contributed by atoms with van der Waals surface area (Å²) in [5.74, 6) is 0.0808. The van der Waals surface area contributed by atoms with Crippen molar-refractivity contribution in [2.75, 3.05) is 19.6 Å². The SMILES string of the molecule is Cc1ccsc1C(=O)NCC1(C)CCNCC1.Cl. The highest BCUT2D eigenvalue weighted by molar-refractivity contribution is 7.12. The number of hydrogen-bond donors (Lipinski definition) is 2. The molecule has 1 aliphatic rings. The lowest BCUT2D eigenvalue weighted by Crippen LogP contribution is -2.42. The van der Waals surface area contributed by atoms with Gasteiger partial charge in [-0.1, -0.05) is 6.92 Å². The average molecular weight is 289 g/mol. The van der Waals surface area contributed by atoms with Crippen molar-refractivity contribution in [1.82, 2.24) is 10.6 Å². The molecule has 1 amide bonds. The van der Waals surface area contributed by atoms with Gasteiger partial charge in [0, 0.05) is 6.54 Å². The van der Waals surface area contributed by atoms with Crippen molar-refractivity contribution in [3.8, 4) is 0 Å². The van der Waals surface area contributed by atoms with Crippen LogP contribution in [0.2, 0.25) is 0 Å². The number of carbonyl (C=O) groups is 1. The molecule has 102 valence electrons. The summed E-state index contributed by atoms with van der Waals surface area (Å²) in [6, 6.07) is 1.99. The third-order valence-corrected chi connectivity index (χ3v) is 4.57. The first-order chi connectivity index (χ1) is 8.11. The number of carbonyl (C=O) groups excluding carboxylic acids is 1. The molecule has 0 atom stereocenters. The van der Waals surface area contributed by atoms with Crippen LogP contribution in [-0.2, 0) is 0 Å². The number of halogens is 1. The Bertz CT molecular complexity index is 399. The zero-order valence-electron chi connectivity index (χ0n) is 10.9. The van der Waals surface area contributed by atoms with Crippen LogP contribution in [0.25, 0.3) is 0 Å². The van der Waals surface area contributed by atoms with E-state index < -0.39 is 0 Å². The van der Waals surface area contributed by atoms with E-state index in [2.05, 4.69) is 17.6 Å². The smallest absolute Gasteiger partial charge is 0.261 e. The number of aryl methyl sites for hydroxylation is 1. The van der Waals surface area contributed by atoms with Crippen LogP contribution in [0.1, 0.15) is 35.0 Å². The van der Waals surface area contributed by atoms with E-state index in [4.69, 9.17) is 0 Å². The molecule has 1 aromatic heterocycles. The summed E-state index contributed by atoms with van der Waals surface area (Å²) in [5, 5.41) is 8.40. The minimum absolute atomic E-state index is 0. The van der Waals surface area contributed by atoms with Crippen molar-refractivity contribution >= 4 is 29.7 Å². The number of hydrogen-bond acceptors (Lipinski definition) is 3. The third-order valence-electron chi connectivity index (χ3n) is 3.55. The molecule has 5 heteroatoms. The fourth-order valence-corrected chi connectivity index (χ4v) is 3.03. The molecule has 2 N–H and O–H groups in total. The summed E-state index contributed by atoms with van der Waals surface area (Å²) in [6.45, 7) is 7.15. The average Bonchev–Trinajstić information content (AvgIpc) is 2.74. The molecule has 18 heavy (non-hydrogen) atoms. The van der Waals surface area contributed by atoms with Crippen molar-refractivity contribution in [1.29, 1.82) is 0 Å². The summed E-state index contributed by atoms with van der Waals surface area (Å²) in [7, 11) is 0. The molecule has 2 heterocycles. The molecule has 0 spiro atoms. The number of rotatable bonds is 3. The number of amides is 1. The zero-order valence-corrected chi connectivity index (χ0v) is 12.5. The lowest BCUT2D eigenvalue weighted by Gasteiger charge is -2.34. The van der Waals surface area contributed by atoms with Gasteiger partial charge in [0.25, 0.3) is 5.91 Å². The Morgan fingerprint density at radius 1 is 1.50 bits per heavy atom. The molecule has 0 unspecified atom stereocenters. The largest absolute Gasteiger partial charge is 0.351 e. The van der Waals surface area contributed by atoms with Gasteiger partial charge in [-0.2, -0.15) is 0 Å². The second-order valence-corrected chi connectivity index (χ2v) is 6.09. The Labute approximate surface area is 119 Å². The second-order valence-electron chi connectivity index (χ2n) is 5.18. The van der Waals surface area contributed by atoms with Crippen LogP contribution < -0.4 is 10.6 Å².